The average Bonchev–Trinajstić information content (AvgIpc) is 2.85. The summed E-state index contributed by atoms with van der Waals surface area (Å²) in [6, 6.07) is 25.6. The fourth-order valence-corrected chi connectivity index (χ4v) is 3.04. The maximum Gasteiger partial charge on any atom is 0.246 e. The highest BCUT2D eigenvalue weighted by atomic mass is 16.5. The standard InChI is InChI=1S/C25H25N7O2/c1-17(22(33)27-20-13-15-21(34-2)16-14-20)26-23-30-24(28-18-9-5-3-6-10-18)32-25(31-23)29-19-11-7-4-8-12-19/h3-17H,1-2H3,(H,27,33)(H3,26,28,29,30,31,32)/t17-/m0/s1. The van der Waals surface area contributed by atoms with Crippen molar-refractivity contribution in [3.05, 3.63) is 84.9 Å². The summed E-state index contributed by atoms with van der Waals surface area (Å²) in [7, 11) is 1.59. The highest BCUT2D eigenvalue weighted by molar-refractivity contribution is 5.96. The van der Waals surface area contributed by atoms with Crippen LogP contribution in [0.25, 0.3) is 0 Å². The highest BCUT2D eigenvalue weighted by Gasteiger charge is 2.16. The van der Waals surface area contributed by atoms with Crippen molar-refractivity contribution in [3.8, 4) is 5.75 Å². The lowest BCUT2D eigenvalue weighted by atomic mass is 10.2. The van der Waals surface area contributed by atoms with E-state index in [1.54, 1.807) is 38.3 Å². The van der Waals surface area contributed by atoms with Gasteiger partial charge in [0.25, 0.3) is 0 Å². The number of carbonyl (C=O) groups is 1. The number of aromatic nitrogens is 3. The normalized spacial score (nSPS) is 11.2. The molecule has 0 aliphatic heterocycles. The molecule has 1 amide bonds. The summed E-state index contributed by atoms with van der Waals surface area (Å²) in [5.74, 6) is 1.41. The van der Waals surface area contributed by atoms with Crippen LogP contribution in [0.15, 0.2) is 84.9 Å². The molecule has 1 heterocycles. The molecule has 0 bridgehead atoms. The molecule has 34 heavy (non-hydrogen) atoms. The summed E-state index contributed by atoms with van der Waals surface area (Å²) in [6.45, 7) is 1.73. The van der Waals surface area contributed by atoms with Gasteiger partial charge in [-0.05, 0) is 55.5 Å². The molecule has 3 aromatic carbocycles. The Bertz CT molecular complexity index is 1160. The van der Waals surface area contributed by atoms with Gasteiger partial charge >= 0.3 is 0 Å². The molecule has 1 aromatic heterocycles. The Labute approximate surface area is 197 Å². The Balaban J connectivity index is 1.51. The minimum absolute atomic E-state index is 0.235. The van der Waals surface area contributed by atoms with Gasteiger partial charge in [0.2, 0.25) is 23.8 Å². The van der Waals surface area contributed by atoms with Crippen molar-refractivity contribution in [1.29, 1.82) is 0 Å². The minimum atomic E-state index is -0.612. The van der Waals surface area contributed by atoms with Crippen LogP contribution in [0.4, 0.5) is 34.9 Å². The zero-order valence-corrected chi connectivity index (χ0v) is 18.8. The van der Waals surface area contributed by atoms with Crippen LogP contribution in [0.3, 0.4) is 0 Å². The second-order valence-corrected chi connectivity index (χ2v) is 7.37. The van der Waals surface area contributed by atoms with Crippen LogP contribution in [0, 0.1) is 0 Å². The van der Waals surface area contributed by atoms with Gasteiger partial charge in [-0.1, -0.05) is 36.4 Å². The Morgan fingerprint density at radius 2 is 1.21 bits per heavy atom. The number of para-hydroxylation sites is 2. The van der Waals surface area contributed by atoms with Gasteiger partial charge in [0.05, 0.1) is 7.11 Å². The molecular weight excluding hydrogens is 430 g/mol. The SMILES string of the molecule is COc1ccc(NC(=O)[C@H](C)Nc2nc(Nc3ccccc3)nc(Nc3ccccc3)n2)cc1. The number of carbonyl (C=O) groups excluding carboxylic acids is 1. The largest absolute Gasteiger partial charge is 0.497 e. The van der Waals surface area contributed by atoms with Gasteiger partial charge in [0.15, 0.2) is 0 Å². The average molecular weight is 456 g/mol. The van der Waals surface area contributed by atoms with E-state index in [-0.39, 0.29) is 11.9 Å². The predicted molar refractivity (Wildman–Crippen MR) is 134 cm³/mol. The first-order valence-corrected chi connectivity index (χ1v) is 10.7. The first-order chi connectivity index (χ1) is 16.6. The zero-order chi connectivity index (χ0) is 23.8. The molecule has 1 atom stereocenters. The number of hydrogen-bond donors (Lipinski definition) is 4. The van der Waals surface area contributed by atoms with Crippen molar-refractivity contribution in [2.24, 2.45) is 0 Å². The molecular formula is C25H25N7O2. The molecule has 9 heteroatoms. The fourth-order valence-electron chi connectivity index (χ4n) is 3.04. The zero-order valence-electron chi connectivity index (χ0n) is 18.8. The summed E-state index contributed by atoms with van der Waals surface area (Å²) in [5.41, 5.74) is 2.32. The Morgan fingerprint density at radius 1 is 0.706 bits per heavy atom. The third-order valence-electron chi connectivity index (χ3n) is 4.79. The fraction of sp³-hybridized carbons (Fsp3) is 0.120. The van der Waals surface area contributed by atoms with Crippen LogP contribution in [0.1, 0.15) is 6.92 Å². The molecule has 0 radical (unpaired) electrons. The highest BCUT2D eigenvalue weighted by Crippen LogP contribution is 2.19. The van der Waals surface area contributed by atoms with E-state index in [2.05, 4.69) is 36.2 Å². The van der Waals surface area contributed by atoms with Crippen molar-refractivity contribution in [3.63, 3.8) is 0 Å². The number of rotatable bonds is 9. The van der Waals surface area contributed by atoms with E-state index in [1.165, 1.54) is 0 Å². The van der Waals surface area contributed by atoms with E-state index in [0.717, 1.165) is 11.4 Å². The van der Waals surface area contributed by atoms with E-state index >= 15 is 0 Å². The Kier molecular flexibility index (Phi) is 7.14. The van der Waals surface area contributed by atoms with Crippen LogP contribution in [0.2, 0.25) is 0 Å². The monoisotopic (exact) mass is 455 g/mol. The van der Waals surface area contributed by atoms with Gasteiger partial charge in [-0.2, -0.15) is 15.0 Å². The van der Waals surface area contributed by atoms with Crippen molar-refractivity contribution in [2.45, 2.75) is 13.0 Å². The number of amides is 1. The first-order valence-electron chi connectivity index (χ1n) is 10.7. The van der Waals surface area contributed by atoms with E-state index in [9.17, 15) is 4.79 Å². The van der Waals surface area contributed by atoms with Crippen LogP contribution in [0.5, 0.6) is 5.75 Å². The summed E-state index contributed by atoms with van der Waals surface area (Å²) < 4.78 is 5.15. The summed E-state index contributed by atoms with van der Waals surface area (Å²) in [5, 5.41) is 12.3. The van der Waals surface area contributed by atoms with E-state index in [1.807, 2.05) is 60.7 Å². The molecule has 0 aliphatic carbocycles. The molecule has 0 spiro atoms. The molecule has 9 nitrogen and oxygen atoms in total. The molecule has 4 rings (SSSR count). The molecule has 4 N–H and O–H groups in total. The van der Waals surface area contributed by atoms with Crippen molar-refractivity contribution in [2.75, 3.05) is 28.4 Å². The molecule has 0 aliphatic rings. The lowest BCUT2D eigenvalue weighted by molar-refractivity contribution is -0.116. The Hall–Kier alpha value is -4.66. The van der Waals surface area contributed by atoms with Crippen LogP contribution in [-0.4, -0.2) is 34.0 Å². The number of hydrogen-bond acceptors (Lipinski definition) is 8. The van der Waals surface area contributed by atoms with Gasteiger partial charge in [-0.25, -0.2) is 0 Å². The summed E-state index contributed by atoms with van der Waals surface area (Å²) >= 11 is 0. The van der Waals surface area contributed by atoms with Crippen LogP contribution in [-0.2, 0) is 4.79 Å². The summed E-state index contributed by atoms with van der Waals surface area (Å²) in [6.07, 6.45) is 0. The van der Waals surface area contributed by atoms with Gasteiger partial charge in [0, 0.05) is 17.1 Å². The van der Waals surface area contributed by atoms with E-state index < -0.39 is 6.04 Å². The molecule has 172 valence electrons. The molecule has 0 unspecified atom stereocenters. The minimum Gasteiger partial charge on any atom is -0.497 e. The van der Waals surface area contributed by atoms with Crippen molar-refractivity contribution < 1.29 is 9.53 Å². The lowest BCUT2D eigenvalue weighted by Crippen LogP contribution is -2.32. The topological polar surface area (TPSA) is 113 Å². The van der Waals surface area contributed by atoms with Gasteiger partial charge in [-0.3, -0.25) is 4.79 Å². The predicted octanol–water partition coefficient (Wildman–Crippen LogP) is 4.81. The van der Waals surface area contributed by atoms with Gasteiger partial charge in [0.1, 0.15) is 11.8 Å². The van der Waals surface area contributed by atoms with Gasteiger partial charge < -0.3 is 26.0 Å². The van der Waals surface area contributed by atoms with Crippen LogP contribution < -0.4 is 26.0 Å². The maximum atomic E-state index is 12.7. The number of methoxy groups -OCH3 is 1. The second-order valence-electron chi connectivity index (χ2n) is 7.37. The smallest absolute Gasteiger partial charge is 0.246 e. The first kappa shape index (κ1) is 22.5. The van der Waals surface area contributed by atoms with Crippen molar-refractivity contribution >= 4 is 40.8 Å². The van der Waals surface area contributed by atoms with Gasteiger partial charge in [-0.15, -0.1) is 0 Å². The van der Waals surface area contributed by atoms with E-state index in [4.69, 9.17) is 4.74 Å². The number of ether oxygens (including phenoxy) is 1. The third-order valence-corrected chi connectivity index (χ3v) is 4.79. The maximum absolute atomic E-state index is 12.7. The third kappa shape index (κ3) is 6.19. The molecule has 0 saturated carbocycles. The number of anilines is 6. The summed E-state index contributed by atoms with van der Waals surface area (Å²) in [4.78, 5) is 26.1. The second kappa shape index (κ2) is 10.8. The number of nitrogens with zero attached hydrogens (tertiary/aromatic N) is 3. The Morgan fingerprint density at radius 3 is 1.71 bits per heavy atom. The number of benzene rings is 3. The molecule has 4 aromatic rings. The van der Waals surface area contributed by atoms with Crippen LogP contribution >= 0.6 is 0 Å². The van der Waals surface area contributed by atoms with E-state index in [0.29, 0.717) is 23.3 Å². The quantitative estimate of drug-likeness (QED) is 0.284. The van der Waals surface area contributed by atoms with Crippen molar-refractivity contribution in [1.82, 2.24) is 15.0 Å². The lowest BCUT2D eigenvalue weighted by Gasteiger charge is -2.16. The number of nitrogens with one attached hydrogen (secondary N) is 4. The molecule has 0 fully saturated rings. The molecule has 0 saturated heterocycles.